The van der Waals surface area contributed by atoms with Crippen LogP contribution in [0.5, 0.6) is 0 Å². The van der Waals surface area contributed by atoms with Crippen molar-refractivity contribution in [3.63, 3.8) is 0 Å². The molecule has 0 aromatic heterocycles. The molecule has 3 heteroatoms. The summed E-state index contributed by atoms with van der Waals surface area (Å²) < 4.78 is 4.88. The van der Waals surface area contributed by atoms with Crippen molar-refractivity contribution in [2.45, 2.75) is 12.2 Å². The quantitative estimate of drug-likeness (QED) is 0.585. The highest BCUT2D eigenvalue weighted by Crippen LogP contribution is 2.06. The number of methoxy groups -OCH3 is 1. The lowest BCUT2D eigenvalue weighted by atomic mass is 10.5. The first-order valence-corrected chi connectivity index (χ1v) is 4.16. The van der Waals surface area contributed by atoms with Gasteiger partial charge in [0.2, 0.25) is 0 Å². The van der Waals surface area contributed by atoms with Crippen molar-refractivity contribution in [1.29, 1.82) is 0 Å². The van der Waals surface area contributed by atoms with E-state index in [9.17, 15) is 0 Å². The molecule has 0 aliphatic rings. The lowest BCUT2D eigenvalue weighted by Gasteiger charge is -2.05. The molecule has 0 heterocycles. The topological polar surface area (TPSA) is 35.2 Å². The molecule has 0 saturated heterocycles. The Morgan fingerprint density at radius 3 is 2.78 bits per heavy atom. The average molecular weight is 149 g/mol. The molecule has 9 heavy (non-hydrogen) atoms. The van der Waals surface area contributed by atoms with E-state index in [1.165, 1.54) is 0 Å². The molecule has 0 spiro atoms. The Kier molecular flexibility index (Phi) is 6.58. The molecular formula is C6H15NOS. The van der Waals surface area contributed by atoms with Crippen LogP contribution in [-0.4, -0.2) is 31.3 Å². The molecule has 0 radical (unpaired) electrons. The summed E-state index contributed by atoms with van der Waals surface area (Å²) in [6.07, 6.45) is 0. The molecule has 0 saturated carbocycles. The molecule has 0 amide bonds. The van der Waals surface area contributed by atoms with Crippen LogP contribution in [0.4, 0.5) is 0 Å². The largest absolute Gasteiger partial charge is 0.384 e. The number of thioether (sulfide) groups is 1. The fourth-order valence-corrected chi connectivity index (χ4v) is 1.20. The molecule has 1 unspecified atom stereocenters. The van der Waals surface area contributed by atoms with Gasteiger partial charge in [0.1, 0.15) is 0 Å². The van der Waals surface area contributed by atoms with Crippen molar-refractivity contribution in [2.75, 3.05) is 26.0 Å². The summed E-state index contributed by atoms with van der Waals surface area (Å²) in [6, 6.07) is 0. The van der Waals surface area contributed by atoms with Crippen LogP contribution in [-0.2, 0) is 4.74 Å². The van der Waals surface area contributed by atoms with Crippen LogP contribution in [0.15, 0.2) is 0 Å². The highest BCUT2D eigenvalue weighted by Gasteiger charge is 1.96. The smallest absolute Gasteiger partial charge is 0.0553 e. The maximum Gasteiger partial charge on any atom is 0.0553 e. The molecule has 0 bridgehead atoms. The molecular weight excluding hydrogens is 134 g/mol. The standard InChI is InChI=1S/C6H15NOS/c1-6(5-7)9-4-3-8-2/h6H,3-5,7H2,1-2H3. The van der Waals surface area contributed by atoms with Crippen molar-refractivity contribution in [1.82, 2.24) is 0 Å². The molecule has 0 aromatic carbocycles. The zero-order valence-corrected chi connectivity index (χ0v) is 6.91. The number of rotatable bonds is 5. The third kappa shape index (κ3) is 6.15. The number of nitrogens with two attached hydrogens (primary N) is 1. The zero-order chi connectivity index (χ0) is 7.11. The monoisotopic (exact) mass is 149 g/mol. The fraction of sp³-hybridized carbons (Fsp3) is 1.00. The summed E-state index contributed by atoms with van der Waals surface area (Å²) in [6.45, 7) is 3.71. The van der Waals surface area contributed by atoms with Gasteiger partial charge in [0, 0.05) is 24.7 Å². The predicted octanol–water partition coefficient (Wildman–Crippen LogP) is 0.713. The summed E-state index contributed by atoms with van der Waals surface area (Å²) in [4.78, 5) is 0. The van der Waals surface area contributed by atoms with Gasteiger partial charge in [-0.25, -0.2) is 0 Å². The van der Waals surface area contributed by atoms with Gasteiger partial charge >= 0.3 is 0 Å². The first-order valence-electron chi connectivity index (χ1n) is 3.12. The molecule has 0 fully saturated rings. The van der Waals surface area contributed by atoms with E-state index < -0.39 is 0 Å². The molecule has 0 aliphatic carbocycles. The third-order valence-corrected chi connectivity index (χ3v) is 2.19. The normalized spacial score (nSPS) is 13.7. The lowest BCUT2D eigenvalue weighted by Crippen LogP contribution is -2.13. The lowest BCUT2D eigenvalue weighted by molar-refractivity contribution is 0.218. The van der Waals surface area contributed by atoms with Gasteiger partial charge in [0.15, 0.2) is 0 Å². The second kappa shape index (κ2) is 6.39. The van der Waals surface area contributed by atoms with Gasteiger partial charge in [-0.15, -0.1) is 0 Å². The Bertz CT molecular complexity index is 61.0. The zero-order valence-electron chi connectivity index (χ0n) is 6.09. The van der Waals surface area contributed by atoms with Gasteiger partial charge in [-0.3, -0.25) is 0 Å². The second-order valence-electron chi connectivity index (χ2n) is 1.91. The Balaban J connectivity index is 2.88. The minimum Gasteiger partial charge on any atom is -0.384 e. The second-order valence-corrected chi connectivity index (χ2v) is 3.46. The van der Waals surface area contributed by atoms with Crippen LogP contribution >= 0.6 is 11.8 Å². The Hall–Kier alpha value is 0.270. The van der Waals surface area contributed by atoms with Crippen molar-refractivity contribution in [3.05, 3.63) is 0 Å². The van der Waals surface area contributed by atoms with Gasteiger partial charge in [0.05, 0.1) is 6.61 Å². The van der Waals surface area contributed by atoms with Gasteiger partial charge in [-0.2, -0.15) is 11.8 Å². The van der Waals surface area contributed by atoms with E-state index in [-0.39, 0.29) is 0 Å². The van der Waals surface area contributed by atoms with E-state index in [1.807, 2.05) is 11.8 Å². The van der Waals surface area contributed by atoms with Crippen LogP contribution in [0, 0.1) is 0 Å². The van der Waals surface area contributed by atoms with Gasteiger partial charge in [0.25, 0.3) is 0 Å². The average Bonchev–Trinajstić information content (AvgIpc) is 1.89. The molecule has 0 rings (SSSR count). The molecule has 2 nitrogen and oxygen atoms in total. The fourth-order valence-electron chi connectivity index (χ4n) is 0.401. The SMILES string of the molecule is COCCSC(C)CN. The van der Waals surface area contributed by atoms with E-state index in [1.54, 1.807) is 7.11 Å². The minimum atomic E-state index is 0.570. The van der Waals surface area contributed by atoms with Crippen molar-refractivity contribution < 1.29 is 4.74 Å². The van der Waals surface area contributed by atoms with E-state index >= 15 is 0 Å². The molecule has 0 aliphatic heterocycles. The van der Waals surface area contributed by atoms with Crippen LogP contribution in [0.2, 0.25) is 0 Å². The van der Waals surface area contributed by atoms with Gasteiger partial charge in [-0.05, 0) is 0 Å². The van der Waals surface area contributed by atoms with Crippen LogP contribution in [0.1, 0.15) is 6.92 Å². The highest BCUT2D eigenvalue weighted by atomic mass is 32.2. The van der Waals surface area contributed by atoms with E-state index in [0.717, 1.165) is 18.9 Å². The predicted molar refractivity (Wildman–Crippen MR) is 42.9 cm³/mol. The molecule has 1 atom stereocenters. The molecule has 0 aromatic rings. The van der Waals surface area contributed by atoms with E-state index in [2.05, 4.69) is 6.92 Å². The van der Waals surface area contributed by atoms with Crippen LogP contribution in [0.25, 0.3) is 0 Å². The number of hydrogen-bond acceptors (Lipinski definition) is 3. The Morgan fingerprint density at radius 1 is 1.67 bits per heavy atom. The summed E-state index contributed by atoms with van der Waals surface area (Å²) in [7, 11) is 1.72. The van der Waals surface area contributed by atoms with Crippen molar-refractivity contribution in [3.8, 4) is 0 Å². The van der Waals surface area contributed by atoms with E-state index in [0.29, 0.717) is 5.25 Å². The Labute approximate surface area is 61.1 Å². The van der Waals surface area contributed by atoms with E-state index in [4.69, 9.17) is 10.5 Å². The summed E-state index contributed by atoms with van der Waals surface area (Å²) in [5.41, 5.74) is 5.39. The number of ether oxygens (including phenoxy) is 1. The first kappa shape index (κ1) is 9.27. The minimum absolute atomic E-state index is 0.570. The van der Waals surface area contributed by atoms with Crippen LogP contribution in [0.3, 0.4) is 0 Å². The summed E-state index contributed by atoms with van der Waals surface area (Å²) in [5, 5.41) is 0.570. The summed E-state index contributed by atoms with van der Waals surface area (Å²) >= 11 is 1.85. The van der Waals surface area contributed by atoms with Gasteiger partial charge < -0.3 is 10.5 Å². The highest BCUT2D eigenvalue weighted by molar-refractivity contribution is 7.99. The molecule has 56 valence electrons. The third-order valence-electron chi connectivity index (χ3n) is 1.02. The maximum absolute atomic E-state index is 5.39. The molecule has 2 N–H and O–H groups in total. The maximum atomic E-state index is 5.39. The Morgan fingerprint density at radius 2 is 2.33 bits per heavy atom. The number of hydrogen-bond donors (Lipinski definition) is 1. The van der Waals surface area contributed by atoms with Crippen molar-refractivity contribution >= 4 is 11.8 Å². The van der Waals surface area contributed by atoms with Crippen LogP contribution < -0.4 is 5.73 Å². The van der Waals surface area contributed by atoms with Gasteiger partial charge in [-0.1, -0.05) is 6.92 Å². The van der Waals surface area contributed by atoms with Crippen molar-refractivity contribution in [2.24, 2.45) is 5.73 Å². The summed E-state index contributed by atoms with van der Waals surface area (Å²) in [5.74, 6) is 1.05. The first-order chi connectivity index (χ1) is 4.31.